The highest BCUT2D eigenvalue weighted by atomic mass is 32.1. The number of hydrogen-bond acceptors (Lipinski definition) is 6. The highest BCUT2D eigenvalue weighted by Crippen LogP contribution is 2.34. The van der Waals surface area contributed by atoms with Gasteiger partial charge in [0.25, 0.3) is 0 Å². The molecule has 0 aliphatic rings. The molecule has 0 spiro atoms. The number of aromatic nitrogens is 1. The van der Waals surface area contributed by atoms with Crippen molar-refractivity contribution in [3.63, 3.8) is 0 Å². The summed E-state index contributed by atoms with van der Waals surface area (Å²) in [6.45, 7) is 4.52. The molecule has 0 aliphatic carbocycles. The molecule has 0 saturated heterocycles. The van der Waals surface area contributed by atoms with Gasteiger partial charge in [-0.15, -0.1) is 11.3 Å². The lowest BCUT2D eigenvalue weighted by Gasteiger charge is -2.14. The SMILES string of the molecule is COc1cc(OC)c(OC)cc1CNC(=O)Cc1csc(C(C)C)n1. The van der Waals surface area contributed by atoms with Crippen LogP contribution in [0.5, 0.6) is 17.2 Å². The Kier molecular flexibility index (Phi) is 6.64. The van der Waals surface area contributed by atoms with Crippen LogP contribution in [0.2, 0.25) is 0 Å². The first-order valence-electron chi connectivity index (χ1n) is 7.98. The topological polar surface area (TPSA) is 69.7 Å². The van der Waals surface area contributed by atoms with E-state index in [9.17, 15) is 4.79 Å². The van der Waals surface area contributed by atoms with Crippen LogP contribution in [-0.2, 0) is 17.8 Å². The molecule has 2 rings (SSSR count). The van der Waals surface area contributed by atoms with Crippen molar-refractivity contribution in [1.82, 2.24) is 10.3 Å². The summed E-state index contributed by atoms with van der Waals surface area (Å²) in [4.78, 5) is 16.7. The molecule has 1 aromatic carbocycles. The highest BCUT2D eigenvalue weighted by molar-refractivity contribution is 7.09. The maximum atomic E-state index is 12.2. The molecule has 0 radical (unpaired) electrons. The van der Waals surface area contributed by atoms with E-state index in [0.29, 0.717) is 29.7 Å². The van der Waals surface area contributed by atoms with Gasteiger partial charge >= 0.3 is 0 Å². The minimum Gasteiger partial charge on any atom is -0.496 e. The van der Waals surface area contributed by atoms with Gasteiger partial charge in [0.1, 0.15) is 5.75 Å². The number of ether oxygens (including phenoxy) is 3. The Bertz CT molecular complexity index is 728. The van der Waals surface area contributed by atoms with Crippen molar-refractivity contribution in [3.8, 4) is 17.2 Å². The molecule has 1 aromatic heterocycles. The van der Waals surface area contributed by atoms with Gasteiger partial charge in [-0.1, -0.05) is 13.8 Å². The number of benzene rings is 1. The summed E-state index contributed by atoms with van der Waals surface area (Å²) < 4.78 is 15.9. The number of carbonyl (C=O) groups excluding carboxylic acids is 1. The number of hydrogen-bond donors (Lipinski definition) is 1. The minimum absolute atomic E-state index is 0.0857. The number of carbonyl (C=O) groups is 1. The first kappa shape index (κ1) is 19.1. The molecular weight excluding hydrogens is 340 g/mol. The van der Waals surface area contributed by atoms with Crippen LogP contribution in [-0.4, -0.2) is 32.2 Å². The minimum atomic E-state index is -0.0857. The Morgan fingerprint density at radius 1 is 1.12 bits per heavy atom. The predicted molar refractivity (Wildman–Crippen MR) is 97.9 cm³/mol. The van der Waals surface area contributed by atoms with Gasteiger partial charge in [-0.25, -0.2) is 4.98 Å². The fourth-order valence-corrected chi connectivity index (χ4v) is 3.16. The lowest BCUT2D eigenvalue weighted by Crippen LogP contribution is -2.25. The quantitative estimate of drug-likeness (QED) is 0.779. The molecule has 0 bridgehead atoms. The van der Waals surface area contributed by atoms with Gasteiger partial charge in [0.15, 0.2) is 11.5 Å². The van der Waals surface area contributed by atoms with Crippen molar-refractivity contribution >= 4 is 17.2 Å². The number of rotatable bonds is 8. The molecule has 25 heavy (non-hydrogen) atoms. The van der Waals surface area contributed by atoms with Gasteiger partial charge in [-0.05, 0) is 6.07 Å². The molecule has 1 N–H and O–H groups in total. The van der Waals surface area contributed by atoms with Crippen LogP contribution in [0.15, 0.2) is 17.5 Å². The maximum absolute atomic E-state index is 12.2. The van der Waals surface area contributed by atoms with Gasteiger partial charge in [-0.2, -0.15) is 0 Å². The van der Waals surface area contributed by atoms with E-state index >= 15 is 0 Å². The first-order chi connectivity index (χ1) is 12.0. The third-order valence-electron chi connectivity index (χ3n) is 3.67. The van der Waals surface area contributed by atoms with Crippen molar-refractivity contribution in [2.75, 3.05) is 21.3 Å². The third kappa shape index (κ3) is 4.85. The van der Waals surface area contributed by atoms with E-state index in [1.807, 2.05) is 5.38 Å². The van der Waals surface area contributed by atoms with Crippen LogP contribution in [0.4, 0.5) is 0 Å². The summed E-state index contributed by atoms with van der Waals surface area (Å²) >= 11 is 1.59. The van der Waals surface area contributed by atoms with E-state index in [1.165, 1.54) is 0 Å². The number of thiazole rings is 1. The Morgan fingerprint density at radius 3 is 2.32 bits per heavy atom. The Hall–Kier alpha value is -2.28. The molecule has 2 aromatic rings. The number of nitrogens with zero attached hydrogens (tertiary/aromatic N) is 1. The molecule has 0 aliphatic heterocycles. The van der Waals surface area contributed by atoms with Gasteiger partial charge < -0.3 is 19.5 Å². The molecule has 0 atom stereocenters. The molecule has 1 heterocycles. The first-order valence-corrected chi connectivity index (χ1v) is 8.86. The van der Waals surface area contributed by atoms with Gasteiger partial charge in [0.05, 0.1) is 38.5 Å². The fraction of sp³-hybridized carbons (Fsp3) is 0.444. The zero-order chi connectivity index (χ0) is 18.4. The Morgan fingerprint density at radius 2 is 1.76 bits per heavy atom. The zero-order valence-corrected chi connectivity index (χ0v) is 16.0. The molecule has 1 amide bonds. The Balaban J connectivity index is 2.03. The lowest BCUT2D eigenvalue weighted by molar-refractivity contribution is -0.120. The predicted octanol–water partition coefficient (Wildman–Crippen LogP) is 3.15. The second-order valence-corrected chi connectivity index (χ2v) is 6.69. The summed E-state index contributed by atoms with van der Waals surface area (Å²) in [6.07, 6.45) is 0.263. The highest BCUT2D eigenvalue weighted by Gasteiger charge is 2.14. The monoisotopic (exact) mass is 364 g/mol. The van der Waals surface area contributed by atoms with E-state index in [2.05, 4.69) is 24.1 Å². The standard InChI is InChI=1S/C18H24N2O4S/c1-11(2)18-20-13(10-25-18)7-17(21)19-9-12-6-15(23-4)16(24-5)8-14(12)22-3/h6,8,10-11H,7,9H2,1-5H3,(H,19,21). The van der Waals surface area contributed by atoms with Gasteiger partial charge in [0.2, 0.25) is 5.91 Å². The maximum Gasteiger partial charge on any atom is 0.226 e. The smallest absolute Gasteiger partial charge is 0.226 e. The molecule has 0 fully saturated rings. The summed E-state index contributed by atoms with van der Waals surface area (Å²) in [7, 11) is 4.72. The molecule has 6 nitrogen and oxygen atoms in total. The van der Waals surface area contributed by atoms with Crippen molar-refractivity contribution in [1.29, 1.82) is 0 Å². The van der Waals surface area contributed by atoms with Crippen molar-refractivity contribution < 1.29 is 19.0 Å². The Labute approximate surface area is 152 Å². The number of nitrogens with one attached hydrogen (secondary N) is 1. The summed E-state index contributed by atoms with van der Waals surface area (Å²) in [5.74, 6) is 2.09. The van der Waals surface area contributed by atoms with Crippen molar-refractivity contribution in [2.24, 2.45) is 0 Å². The second-order valence-electron chi connectivity index (χ2n) is 5.80. The van der Waals surface area contributed by atoms with Gasteiger partial charge in [0, 0.05) is 29.5 Å². The van der Waals surface area contributed by atoms with Crippen LogP contribution in [0.3, 0.4) is 0 Å². The number of methoxy groups -OCH3 is 3. The molecular formula is C18H24N2O4S. The average molecular weight is 364 g/mol. The molecule has 136 valence electrons. The molecule has 0 unspecified atom stereocenters. The third-order valence-corrected chi connectivity index (χ3v) is 4.86. The average Bonchev–Trinajstić information content (AvgIpc) is 3.07. The summed E-state index contributed by atoms with van der Waals surface area (Å²) in [6, 6.07) is 3.55. The fourth-order valence-electron chi connectivity index (χ4n) is 2.32. The molecule has 0 saturated carbocycles. The van der Waals surface area contributed by atoms with Crippen molar-refractivity contribution in [3.05, 3.63) is 33.8 Å². The van der Waals surface area contributed by atoms with Crippen molar-refractivity contribution in [2.45, 2.75) is 32.7 Å². The normalized spacial score (nSPS) is 10.6. The summed E-state index contributed by atoms with van der Waals surface area (Å²) in [5.41, 5.74) is 1.61. The second kappa shape index (κ2) is 8.71. The lowest BCUT2D eigenvalue weighted by atomic mass is 10.1. The largest absolute Gasteiger partial charge is 0.496 e. The van der Waals surface area contributed by atoms with Crippen LogP contribution < -0.4 is 19.5 Å². The van der Waals surface area contributed by atoms with Crippen LogP contribution >= 0.6 is 11.3 Å². The van der Waals surface area contributed by atoms with Crippen LogP contribution in [0.25, 0.3) is 0 Å². The van der Waals surface area contributed by atoms with E-state index in [4.69, 9.17) is 14.2 Å². The number of amides is 1. The zero-order valence-electron chi connectivity index (χ0n) is 15.2. The van der Waals surface area contributed by atoms with E-state index in [0.717, 1.165) is 16.3 Å². The summed E-state index contributed by atoms with van der Waals surface area (Å²) in [5, 5.41) is 5.88. The van der Waals surface area contributed by atoms with E-state index in [1.54, 1.807) is 44.8 Å². The van der Waals surface area contributed by atoms with Crippen LogP contribution in [0, 0.1) is 0 Å². The van der Waals surface area contributed by atoms with E-state index < -0.39 is 0 Å². The molecule has 7 heteroatoms. The van der Waals surface area contributed by atoms with Gasteiger partial charge in [-0.3, -0.25) is 4.79 Å². The van der Waals surface area contributed by atoms with Crippen LogP contribution in [0.1, 0.15) is 36.0 Å². The van der Waals surface area contributed by atoms with E-state index in [-0.39, 0.29) is 12.3 Å².